The molecule has 2 N–H and O–H groups in total. The molecule has 0 spiro atoms. The number of amides is 1. The molecule has 0 fully saturated rings. The van der Waals surface area contributed by atoms with Gasteiger partial charge in [0.15, 0.2) is 0 Å². The molecule has 0 unspecified atom stereocenters. The number of imidazole rings is 1. The summed E-state index contributed by atoms with van der Waals surface area (Å²) in [4.78, 5) is 17.4. The maximum absolute atomic E-state index is 13.0. The molecule has 164 valence electrons. The summed E-state index contributed by atoms with van der Waals surface area (Å²) in [5.41, 5.74) is 3.01. The number of benzene rings is 3. The first kappa shape index (κ1) is 21.9. The second-order valence-electron chi connectivity index (χ2n) is 7.24. The van der Waals surface area contributed by atoms with Crippen LogP contribution in [0.4, 0.5) is 11.6 Å². The third-order valence-corrected chi connectivity index (χ3v) is 6.67. The Bertz CT molecular complexity index is 1430. The predicted octanol–water partition coefficient (Wildman–Crippen LogP) is 5.07. The minimum absolute atomic E-state index is 0.0356. The first-order chi connectivity index (χ1) is 15.3. The van der Waals surface area contributed by atoms with Crippen LogP contribution in [0.15, 0.2) is 71.6 Å². The number of anilines is 2. The minimum atomic E-state index is -3.92. The standard InChI is InChI=1S/C23H21ClN4O3S/c1-3-28-21-10-5-4-9-20(21)25-23(28)26-22(29)18-14-17(11-12-19(18)24)32(30,31)27-16-8-6-7-15(2)13-16/h4-14,27H,3H2,1-2H3,(H,25,26,29). The van der Waals surface area contributed by atoms with Gasteiger partial charge >= 0.3 is 0 Å². The van der Waals surface area contributed by atoms with E-state index in [1.807, 2.05) is 48.7 Å². The molecule has 0 aliphatic rings. The van der Waals surface area contributed by atoms with E-state index in [2.05, 4.69) is 15.0 Å². The Morgan fingerprint density at radius 2 is 1.84 bits per heavy atom. The molecule has 0 aliphatic heterocycles. The van der Waals surface area contributed by atoms with Gasteiger partial charge in [-0.3, -0.25) is 14.8 Å². The molecule has 4 aromatic rings. The molecule has 0 bridgehead atoms. The molecule has 0 radical (unpaired) electrons. The highest BCUT2D eigenvalue weighted by atomic mass is 35.5. The quantitative estimate of drug-likeness (QED) is 0.413. The van der Waals surface area contributed by atoms with Gasteiger partial charge in [0.2, 0.25) is 5.95 Å². The summed E-state index contributed by atoms with van der Waals surface area (Å²) < 4.78 is 30.1. The number of hydrogen-bond acceptors (Lipinski definition) is 4. The van der Waals surface area contributed by atoms with Crippen molar-refractivity contribution in [1.29, 1.82) is 0 Å². The summed E-state index contributed by atoms with van der Waals surface area (Å²) in [5.74, 6) is -0.187. The SMILES string of the molecule is CCn1c(NC(=O)c2cc(S(=O)(=O)Nc3cccc(C)c3)ccc2Cl)nc2ccccc21. The van der Waals surface area contributed by atoms with Crippen LogP contribution in [-0.4, -0.2) is 23.9 Å². The number of aryl methyl sites for hydroxylation is 2. The Kier molecular flexibility index (Phi) is 5.90. The fourth-order valence-corrected chi connectivity index (χ4v) is 4.71. The van der Waals surface area contributed by atoms with Crippen LogP contribution >= 0.6 is 11.6 Å². The van der Waals surface area contributed by atoms with E-state index >= 15 is 0 Å². The number of aromatic nitrogens is 2. The van der Waals surface area contributed by atoms with Gasteiger partial charge in [-0.25, -0.2) is 13.4 Å². The van der Waals surface area contributed by atoms with Crippen LogP contribution in [0.25, 0.3) is 11.0 Å². The number of carbonyl (C=O) groups is 1. The Morgan fingerprint density at radius 1 is 1.06 bits per heavy atom. The van der Waals surface area contributed by atoms with Crippen molar-refractivity contribution < 1.29 is 13.2 Å². The first-order valence-corrected chi connectivity index (χ1v) is 11.8. The molecule has 9 heteroatoms. The number of nitrogens with zero attached hydrogens (tertiary/aromatic N) is 2. The van der Waals surface area contributed by atoms with E-state index in [9.17, 15) is 13.2 Å². The van der Waals surface area contributed by atoms with E-state index in [1.165, 1.54) is 18.2 Å². The molecule has 0 atom stereocenters. The monoisotopic (exact) mass is 468 g/mol. The second kappa shape index (κ2) is 8.64. The molecule has 0 aliphatic carbocycles. The van der Waals surface area contributed by atoms with Gasteiger partial charge in [-0.2, -0.15) is 0 Å². The molecule has 0 saturated carbocycles. The number of hydrogen-bond donors (Lipinski definition) is 2. The van der Waals surface area contributed by atoms with Crippen LogP contribution in [0.5, 0.6) is 0 Å². The Hall–Kier alpha value is -3.36. The van der Waals surface area contributed by atoms with Gasteiger partial charge in [0.25, 0.3) is 15.9 Å². The van der Waals surface area contributed by atoms with Crippen LogP contribution < -0.4 is 10.0 Å². The third-order valence-electron chi connectivity index (χ3n) is 4.96. The first-order valence-electron chi connectivity index (χ1n) is 9.94. The molecule has 32 heavy (non-hydrogen) atoms. The van der Waals surface area contributed by atoms with Crippen LogP contribution in [0.3, 0.4) is 0 Å². The van der Waals surface area contributed by atoms with Crippen molar-refractivity contribution in [1.82, 2.24) is 9.55 Å². The highest BCUT2D eigenvalue weighted by Crippen LogP contribution is 2.25. The molecule has 4 rings (SSSR count). The van der Waals surface area contributed by atoms with Gasteiger partial charge in [0, 0.05) is 12.2 Å². The zero-order chi connectivity index (χ0) is 22.9. The molecule has 7 nitrogen and oxygen atoms in total. The van der Waals surface area contributed by atoms with Crippen LogP contribution in [0.1, 0.15) is 22.8 Å². The van der Waals surface area contributed by atoms with E-state index in [-0.39, 0.29) is 15.5 Å². The number of halogens is 1. The lowest BCUT2D eigenvalue weighted by Crippen LogP contribution is -2.18. The van der Waals surface area contributed by atoms with Gasteiger partial charge in [0.1, 0.15) is 0 Å². The summed E-state index contributed by atoms with van der Waals surface area (Å²) >= 11 is 6.24. The Labute approximate surface area is 191 Å². The molecule has 1 amide bonds. The van der Waals surface area contributed by atoms with Gasteiger partial charge < -0.3 is 4.57 Å². The second-order valence-corrected chi connectivity index (χ2v) is 9.33. The van der Waals surface area contributed by atoms with E-state index in [4.69, 9.17) is 11.6 Å². The molecule has 3 aromatic carbocycles. The van der Waals surface area contributed by atoms with Crippen molar-refractivity contribution in [3.8, 4) is 0 Å². The zero-order valence-electron chi connectivity index (χ0n) is 17.5. The Morgan fingerprint density at radius 3 is 2.59 bits per heavy atom. The van der Waals surface area contributed by atoms with Gasteiger partial charge in [0.05, 0.1) is 26.5 Å². The largest absolute Gasteiger partial charge is 0.310 e. The number of para-hydroxylation sites is 2. The number of rotatable bonds is 6. The summed E-state index contributed by atoms with van der Waals surface area (Å²) in [7, 11) is -3.92. The molecule has 1 heterocycles. The number of fused-ring (bicyclic) bond motifs is 1. The number of sulfonamides is 1. The smallest absolute Gasteiger partial charge is 0.261 e. The number of carbonyl (C=O) groups excluding carboxylic acids is 1. The zero-order valence-corrected chi connectivity index (χ0v) is 19.0. The van der Waals surface area contributed by atoms with Crippen molar-refractivity contribution >= 4 is 50.2 Å². The average Bonchev–Trinajstić information content (AvgIpc) is 3.10. The van der Waals surface area contributed by atoms with Gasteiger partial charge in [-0.15, -0.1) is 0 Å². The van der Waals surface area contributed by atoms with Crippen LogP contribution in [-0.2, 0) is 16.6 Å². The highest BCUT2D eigenvalue weighted by Gasteiger charge is 2.21. The lowest BCUT2D eigenvalue weighted by Gasteiger charge is -2.12. The fraction of sp³-hybridized carbons (Fsp3) is 0.130. The van der Waals surface area contributed by atoms with Crippen LogP contribution in [0.2, 0.25) is 5.02 Å². The van der Waals surface area contributed by atoms with Crippen molar-refractivity contribution in [3.05, 3.63) is 82.9 Å². The topological polar surface area (TPSA) is 93.1 Å². The molecular weight excluding hydrogens is 448 g/mol. The maximum atomic E-state index is 13.0. The molecule has 0 saturated heterocycles. The summed E-state index contributed by atoms with van der Waals surface area (Å²) in [6, 6.07) is 18.5. The lowest BCUT2D eigenvalue weighted by molar-refractivity contribution is 0.102. The highest BCUT2D eigenvalue weighted by molar-refractivity contribution is 7.92. The summed E-state index contributed by atoms with van der Waals surface area (Å²) in [6.45, 7) is 4.41. The van der Waals surface area contributed by atoms with E-state index in [0.29, 0.717) is 18.2 Å². The maximum Gasteiger partial charge on any atom is 0.261 e. The third kappa shape index (κ3) is 4.32. The van der Waals surface area contributed by atoms with Crippen molar-refractivity contribution in [2.45, 2.75) is 25.3 Å². The Balaban J connectivity index is 1.65. The van der Waals surface area contributed by atoms with E-state index < -0.39 is 15.9 Å². The molecule has 1 aromatic heterocycles. The minimum Gasteiger partial charge on any atom is -0.310 e. The summed E-state index contributed by atoms with van der Waals surface area (Å²) in [6.07, 6.45) is 0. The fourth-order valence-electron chi connectivity index (χ4n) is 3.43. The average molecular weight is 469 g/mol. The van der Waals surface area contributed by atoms with E-state index in [1.54, 1.807) is 18.2 Å². The van der Waals surface area contributed by atoms with Crippen LogP contribution in [0, 0.1) is 6.92 Å². The normalized spacial score (nSPS) is 11.5. The van der Waals surface area contributed by atoms with Crippen molar-refractivity contribution in [3.63, 3.8) is 0 Å². The number of nitrogens with one attached hydrogen (secondary N) is 2. The van der Waals surface area contributed by atoms with E-state index in [0.717, 1.165) is 16.6 Å². The predicted molar refractivity (Wildman–Crippen MR) is 127 cm³/mol. The van der Waals surface area contributed by atoms with Crippen molar-refractivity contribution in [2.75, 3.05) is 10.0 Å². The lowest BCUT2D eigenvalue weighted by atomic mass is 10.2. The van der Waals surface area contributed by atoms with Crippen molar-refractivity contribution in [2.24, 2.45) is 0 Å². The van der Waals surface area contributed by atoms with Gasteiger partial charge in [-0.05, 0) is 61.9 Å². The summed E-state index contributed by atoms with van der Waals surface area (Å²) in [5, 5.41) is 2.89. The molecular formula is C23H21ClN4O3S. The van der Waals surface area contributed by atoms with Gasteiger partial charge in [-0.1, -0.05) is 35.9 Å².